The van der Waals surface area contributed by atoms with Gasteiger partial charge in [0.1, 0.15) is 10.8 Å². The van der Waals surface area contributed by atoms with Gasteiger partial charge >= 0.3 is 0 Å². The first-order chi connectivity index (χ1) is 11.8. The van der Waals surface area contributed by atoms with Crippen molar-refractivity contribution in [2.75, 3.05) is 7.11 Å². The second-order valence-corrected chi connectivity index (χ2v) is 6.20. The molecule has 6 heteroatoms. The molecule has 0 saturated carbocycles. The van der Waals surface area contributed by atoms with Gasteiger partial charge in [0.05, 0.1) is 7.11 Å². The predicted octanol–water partition coefficient (Wildman–Crippen LogP) is 3.95. The largest absolute Gasteiger partial charge is 0.497 e. The summed E-state index contributed by atoms with van der Waals surface area (Å²) in [6.45, 7) is 0. The standard InChI is InChI=1S/C18H14N4OS/c1-23-14-9-7-13(8-10-14)18-20-19-16-11-12-17(21-22(16)18)24-15-5-3-2-4-6-15/h2-12H,1H3. The number of aromatic nitrogens is 4. The number of benzene rings is 2. The molecule has 118 valence electrons. The minimum atomic E-state index is 0.711. The van der Waals surface area contributed by atoms with Gasteiger partial charge in [-0.2, -0.15) is 9.61 Å². The Hall–Kier alpha value is -2.86. The zero-order valence-corrected chi connectivity index (χ0v) is 13.8. The van der Waals surface area contributed by atoms with Gasteiger partial charge in [-0.25, -0.2) is 0 Å². The molecule has 4 aromatic rings. The van der Waals surface area contributed by atoms with Crippen LogP contribution in [0.3, 0.4) is 0 Å². The van der Waals surface area contributed by atoms with Crippen LogP contribution in [0.4, 0.5) is 0 Å². The Morgan fingerprint density at radius 1 is 0.875 bits per heavy atom. The number of nitrogens with zero attached hydrogens (tertiary/aromatic N) is 4. The maximum Gasteiger partial charge on any atom is 0.185 e. The molecule has 0 aliphatic heterocycles. The van der Waals surface area contributed by atoms with E-state index in [0.717, 1.165) is 26.9 Å². The molecule has 2 heterocycles. The van der Waals surface area contributed by atoms with E-state index in [1.165, 1.54) is 0 Å². The van der Waals surface area contributed by atoms with E-state index in [1.807, 2.05) is 54.6 Å². The third-order valence-corrected chi connectivity index (χ3v) is 4.49. The zero-order chi connectivity index (χ0) is 16.4. The van der Waals surface area contributed by atoms with E-state index >= 15 is 0 Å². The third-order valence-electron chi connectivity index (χ3n) is 3.55. The fraction of sp³-hybridized carbons (Fsp3) is 0.0556. The minimum Gasteiger partial charge on any atom is -0.497 e. The van der Waals surface area contributed by atoms with Gasteiger partial charge in [-0.05, 0) is 48.5 Å². The highest BCUT2D eigenvalue weighted by Gasteiger charge is 2.10. The van der Waals surface area contributed by atoms with Crippen molar-refractivity contribution in [2.24, 2.45) is 0 Å². The summed E-state index contributed by atoms with van der Waals surface area (Å²) in [5, 5.41) is 14.0. The van der Waals surface area contributed by atoms with E-state index in [9.17, 15) is 0 Å². The Morgan fingerprint density at radius 3 is 2.42 bits per heavy atom. The van der Waals surface area contributed by atoms with Crippen molar-refractivity contribution in [3.8, 4) is 17.1 Å². The molecule has 0 aliphatic carbocycles. The average Bonchev–Trinajstić information content (AvgIpc) is 3.06. The van der Waals surface area contributed by atoms with E-state index in [1.54, 1.807) is 23.4 Å². The molecule has 0 saturated heterocycles. The summed E-state index contributed by atoms with van der Waals surface area (Å²) < 4.78 is 6.97. The number of hydrogen-bond donors (Lipinski definition) is 0. The Bertz CT molecular complexity index is 967. The number of fused-ring (bicyclic) bond motifs is 1. The molecule has 5 nitrogen and oxygen atoms in total. The zero-order valence-electron chi connectivity index (χ0n) is 13.0. The Kier molecular flexibility index (Phi) is 3.88. The fourth-order valence-corrected chi connectivity index (χ4v) is 3.15. The normalized spacial score (nSPS) is 10.9. The fourth-order valence-electron chi connectivity index (χ4n) is 2.36. The van der Waals surface area contributed by atoms with Crippen molar-refractivity contribution in [3.05, 3.63) is 66.7 Å². The van der Waals surface area contributed by atoms with Gasteiger partial charge < -0.3 is 4.74 Å². The first kappa shape index (κ1) is 14.7. The summed E-state index contributed by atoms with van der Waals surface area (Å²) in [7, 11) is 1.65. The lowest BCUT2D eigenvalue weighted by Crippen LogP contribution is -1.96. The van der Waals surface area contributed by atoms with Crippen LogP contribution < -0.4 is 4.74 Å². The number of ether oxygens (including phenoxy) is 1. The summed E-state index contributed by atoms with van der Waals surface area (Å²) in [6.07, 6.45) is 0. The van der Waals surface area contributed by atoms with Crippen LogP contribution >= 0.6 is 11.8 Å². The number of rotatable bonds is 4. The summed E-state index contributed by atoms with van der Waals surface area (Å²) in [5.74, 6) is 1.52. The third kappa shape index (κ3) is 2.83. The molecule has 2 aromatic heterocycles. The van der Waals surface area contributed by atoms with Crippen molar-refractivity contribution >= 4 is 17.4 Å². The molecule has 0 bridgehead atoms. The molecule has 0 unspecified atom stereocenters. The first-order valence-corrected chi connectivity index (χ1v) is 8.25. The van der Waals surface area contributed by atoms with Gasteiger partial charge in [-0.1, -0.05) is 30.0 Å². The number of hydrogen-bond acceptors (Lipinski definition) is 5. The molecule has 0 radical (unpaired) electrons. The van der Waals surface area contributed by atoms with Crippen molar-refractivity contribution < 1.29 is 4.74 Å². The van der Waals surface area contributed by atoms with Crippen LogP contribution in [0.5, 0.6) is 5.75 Å². The Labute approximate surface area is 143 Å². The molecular formula is C18H14N4OS. The highest BCUT2D eigenvalue weighted by molar-refractivity contribution is 7.99. The van der Waals surface area contributed by atoms with Gasteiger partial charge in [0.15, 0.2) is 11.5 Å². The second kappa shape index (κ2) is 6.33. The van der Waals surface area contributed by atoms with Crippen LogP contribution in [0.15, 0.2) is 76.7 Å². The Balaban J connectivity index is 1.72. The second-order valence-electron chi connectivity index (χ2n) is 5.11. The lowest BCUT2D eigenvalue weighted by Gasteiger charge is -2.04. The van der Waals surface area contributed by atoms with Crippen LogP contribution in [0.2, 0.25) is 0 Å². The Morgan fingerprint density at radius 2 is 1.67 bits per heavy atom. The van der Waals surface area contributed by atoms with Gasteiger partial charge in [0, 0.05) is 10.5 Å². The van der Waals surface area contributed by atoms with E-state index in [2.05, 4.69) is 27.4 Å². The lowest BCUT2D eigenvalue weighted by atomic mass is 10.2. The topological polar surface area (TPSA) is 52.3 Å². The van der Waals surface area contributed by atoms with Crippen LogP contribution in [-0.2, 0) is 0 Å². The molecule has 0 N–H and O–H groups in total. The smallest absolute Gasteiger partial charge is 0.185 e. The van der Waals surface area contributed by atoms with Gasteiger partial charge in [-0.3, -0.25) is 0 Å². The minimum absolute atomic E-state index is 0.711. The van der Waals surface area contributed by atoms with Crippen molar-refractivity contribution in [1.82, 2.24) is 19.8 Å². The highest BCUT2D eigenvalue weighted by Crippen LogP contribution is 2.27. The SMILES string of the molecule is COc1ccc(-c2nnc3ccc(Sc4ccccc4)nn23)cc1. The molecule has 0 atom stereocenters. The average molecular weight is 334 g/mol. The summed E-state index contributed by atoms with van der Waals surface area (Å²) in [5.41, 5.74) is 1.66. The molecule has 24 heavy (non-hydrogen) atoms. The van der Waals surface area contributed by atoms with Gasteiger partial charge in [0.25, 0.3) is 0 Å². The van der Waals surface area contributed by atoms with E-state index < -0.39 is 0 Å². The molecule has 0 spiro atoms. The summed E-state index contributed by atoms with van der Waals surface area (Å²) in [4.78, 5) is 1.14. The first-order valence-electron chi connectivity index (χ1n) is 7.43. The van der Waals surface area contributed by atoms with Crippen LogP contribution in [0, 0.1) is 0 Å². The molecule has 0 amide bonds. The monoisotopic (exact) mass is 334 g/mol. The van der Waals surface area contributed by atoms with E-state index in [-0.39, 0.29) is 0 Å². The molecule has 0 fully saturated rings. The van der Waals surface area contributed by atoms with Crippen LogP contribution in [-0.4, -0.2) is 26.9 Å². The van der Waals surface area contributed by atoms with Crippen molar-refractivity contribution in [1.29, 1.82) is 0 Å². The van der Waals surface area contributed by atoms with Crippen LogP contribution in [0.25, 0.3) is 17.0 Å². The highest BCUT2D eigenvalue weighted by atomic mass is 32.2. The maximum absolute atomic E-state index is 5.20. The summed E-state index contributed by atoms with van der Waals surface area (Å²) >= 11 is 1.61. The molecule has 2 aromatic carbocycles. The van der Waals surface area contributed by atoms with E-state index in [4.69, 9.17) is 4.74 Å². The lowest BCUT2D eigenvalue weighted by molar-refractivity contribution is 0.415. The molecular weight excluding hydrogens is 320 g/mol. The number of methoxy groups -OCH3 is 1. The van der Waals surface area contributed by atoms with Crippen molar-refractivity contribution in [3.63, 3.8) is 0 Å². The molecule has 0 aliphatic rings. The predicted molar refractivity (Wildman–Crippen MR) is 93.3 cm³/mol. The summed E-state index contributed by atoms with van der Waals surface area (Å²) in [6, 6.07) is 21.8. The van der Waals surface area contributed by atoms with Gasteiger partial charge in [-0.15, -0.1) is 10.2 Å². The molecule has 4 rings (SSSR count). The van der Waals surface area contributed by atoms with Crippen LogP contribution in [0.1, 0.15) is 0 Å². The van der Waals surface area contributed by atoms with Crippen molar-refractivity contribution in [2.45, 2.75) is 9.92 Å². The van der Waals surface area contributed by atoms with Gasteiger partial charge in [0.2, 0.25) is 0 Å². The van der Waals surface area contributed by atoms with E-state index in [0.29, 0.717) is 5.82 Å². The maximum atomic E-state index is 5.20. The quantitative estimate of drug-likeness (QED) is 0.565.